The van der Waals surface area contributed by atoms with Gasteiger partial charge in [0.25, 0.3) is 5.69 Å². The van der Waals surface area contributed by atoms with Gasteiger partial charge in [0.05, 0.1) is 17.4 Å². The molecular weight excluding hydrogens is 308 g/mol. The van der Waals surface area contributed by atoms with Gasteiger partial charge in [0.15, 0.2) is 0 Å². The Morgan fingerprint density at radius 3 is 2.29 bits per heavy atom. The first kappa shape index (κ1) is 16.8. The van der Waals surface area contributed by atoms with Crippen LogP contribution in [0.15, 0.2) is 63.8 Å². The standard InChI is InChI=1S/C16H16N6O2/c1-12-2-4-13(5-3-12)10-18-20-16(17)21-19-11-14-6-8-15(9-7-14)22(23)24/h2-11H,1H3,(H3,17,20,21)/b18-10+,19-11+. The Morgan fingerprint density at radius 2 is 1.67 bits per heavy atom. The first-order chi connectivity index (χ1) is 11.5. The molecule has 0 radical (unpaired) electrons. The minimum Gasteiger partial charge on any atom is -0.367 e. The van der Waals surface area contributed by atoms with E-state index in [0.29, 0.717) is 5.56 Å². The maximum Gasteiger partial charge on any atom is 0.269 e. The molecule has 2 aromatic rings. The first-order valence-electron chi connectivity index (χ1n) is 7.01. The number of aryl methyl sites for hydroxylation is 1. The Balaban J connectivity index is 1.88. The topological polar surface area (TPSA) is 118 Å². The van der Waals surface area contributed by atoms with Gasteiger partial charge in [-0.25, -0.2) is 5.43 Å². The molecule has 0 saturated heterocycles. The number of guanidine groups is 1. The summed E-state index contributed by atoms with van der Waals surface area (Å²) in [4.78, 5) is 10.1. The minimum absolute atomic E-state index is 0.0160. The molecular formula is C16H16N6O2. The van der Waals surface area contributed by atoms with Crippen molar-refractivity contribution >= 4 is 24.1 Å². The Morgan fingerprint density at radius 1 is 1.08 bits per heavy atom. The van der Waals surface area contributed by atoms with Gasteiger partial charge in [0.1, 0.15) is 0 Å². The summed E-state index contributed by atoms with van der Waals surface area (Å²) < 4.78 is 0. The molecule has 0 heterocycles. The molecule has 0 atom stereocenters. The number of nitro groups is 1. The number of hydrazone groups is 1. The molecule has 0 amide bonds. The van der Waals surface area contributed by atoms with Crippen molar-refractivity contribution < 1.29 is 4.92 Å². The number of nitrogens with one attached hydrogen (secondary N) is 1. The van der Waals surface area contributed by atoms with Gasteiger partial charge in [-0.3, -0.25) is 10.1 Å². The zero-order valence-corrected chi connectivity index (χ0v) is 13.0. The molecule has 0 aliphatic carbocycles. The normalized spacial score (nSPS) is 12.0. The summed E-state index contributed by atoms with van der Waals surface area (Å²) in [6.07, 6.45) is 3.05. The Labute approximate surface area is 138 Å². The van der Waals surface area contributed by atoms with E-state index in [-0.39, 0.29) is 11.6 Å². The van der Waals surface area contributed by atoms with Gasteiger partial charge in [0, 0.05) is 12.1 Å². The fraction of sp³-hybridized carbons (Fsp3) is 0.0625. The highest BCUT2D eigenvalue weighted by atomic mass is 16.6. The van der Waals surface area contributed by atoms with Crippen molar-refractivity contribution in [2.24, 2.45) is 21.0 Å². The molecule has 122 valence electrons. The summed E-state index contributed by atoms with van der Waals surface area (Å²) in [7, 11) is 0. The van der Waals surface area contributed by atoms with Crippen LogP contribution < -0.4 is 11.2 Å². The quantitative estimate of drug-likeness (QED) is 0.379. The lowest BCUT2D eigenvalue weighted by molar-refractivity contribution is -0.384. The van der Waals surface area contributed by atoms with Crippen molar-refractivity contribution in [3.8, 4) is 0 Å². The largest absolute Gasteiger partial charge is 0.367 e. The average molecular weight is 324 g/mol. The molecule has 2 aromatic carbocycles. The lowest BCUT2D eigenvalue weighted by Gasteiger charge is -1.97. The van der Waals surface area contributed by atoms with E-state index in [4.69, 9.17) is 5.73 Å². The van der Waals surface area contributed by atoms with Gasteiger partial charge in [-0.1, -0.05) is 29.8 Å². The molecule has 8 nitrogen and oxygen atoms in total. The lowest BCUT2D eigenvalue weighted by Crippen LogP contribution is -2.26. The fourth-order valence-electron chi connectivity index (χ4n) is 1.69. The molecule has 2 rings (SSSR count). The second-order valence-electron chi connectivity index (χ2n) is 4.86. The van der Waals surface area contributed by atoms with Gasteiger partial charge in [-0.05, 0) is 30.2 Å². The summed E-state index contributed by atoms with van der Waals surface area (Å²) in [5.41, 5.74) is 10.9. The molecule has 0 saturated carbocycles. The zero-order chi connectivity index (χ0) is 17.4. The summed E-state index contributed by atoms with van der Waals surface area (Å²) >= 11 is 0. The van der Waals surface area contributed by atoms with E-state index in [1.807, 2.05) is 31.2 Å². The molecule has 24 heavy (non-hydrogen) atoms. The summed E-state index contributed by atoms with van der Waals surface area (Å²) in [5, 5.41) is 22.0. The monoisotopic (exact) mass is 324 g/mol. The highest BCUT2D eigenvalue weighted by Gasteiger charge is 2.02. The Bertz CT molecular complexity index is 779. The highest BCUT2D eigenvalue weighted by molar-refractivity contribution is 5.84. The number of nitro benzene ring substituents is 1. The maximum atomic E-state index is 10.5. The van der Waals surface area contributed by atoms with E-state index in [0.717, 1.165) is 5.56 Å². The number of hydrogen-bond acceptors (Lipinski definition) is 5. The number of non-ortho nitro benzene ring substituents is 1. The second-order valence-corrected chi connectivity index (χ2v) is 4.86. The summed E-state index contributed by atoms with van der Waals surface area (Å²) in [6.45, 7) is 2.01. The van der Waals surface area contributed by atoms with E-state index in [1.54, 1.807) is 18.3 Å². The van der Waals surface area contributed by atoms with E-state index < -0.39 is 4.92 Å². The summed E-state index contributed by atoms with van der Waals surface area (Å²) in [6, 6.07) is 13.7. The average Bonchev–Trinajstić information content (AvgIpc) is 2.57. The van der Waals surface area contributed by atoms with Crippen LogP contribution in [0.3, 0.4) is 0 Å². The van der Waals surface area contributed by atoms with Crippen molar-refractivity contribution in [2.75, 3.05) is 0 Å². The summed E-state index contributed by atoms with van der Waals surface area (Å²) in [5.74, 6) is 0.0246. The van der Waals surface area contributed by atoms with Gasteiger partial charge in [0.2, 0.25) is 5.96 Å². The predicted octanol–water partition coefficient (Wildman–Crippen LogP) is 2.18. The Kier molecular flexibility index (Phi) is 5.73. The maximum absolute atomic E-state index is 10.5. The molecule has 0 spiro atoms. The third kappa shape index (κ3) is 5.34. The van der Waals surface area contributed by atoms with Crippen molar-refractivity contribution in [3.05, 3.63) is 75.3 Å². The van der Waals surface area contributed by atoms with Crippen molar-refractivity contribution in [2.45, 2.75) is 6.92 Å². The van der Waals surface area contributed by atoms with E-state index in [2.05, 4.69) is 20.7 Å². The molecule has 3 N–H and O–H groups in total. The molecule has 0 unspecified atom stereocenters. The molecule has 0 aromatic heterocycles. The van der Waals surface area contributed by atoms with Crippen LogP contribution in [-0.4, -0.2) is 23.3 Å². The number of benzene rings is 2. The molecule has 0 aliphatic heterocycles. The third-order valence-corrected chi connectivity index (χ3v) is 2.95. The van der Waals surface area contributed by atoms with Crippen molar-refractivity contribution in [3.63, 3.8) is 0 Å². The SMILES string of the molecule is Cc1ccc(/C=N/NC(N)=N/N=C/c2ccc([N+](=O)[O-])cc2)cc1. The van der Waals surface area contributed by atoms with Crippen LogP contribution in [0.4, 0.5) is 5.69 Å². The van der Waals surface area contributed by atoms with Crippen molar-refractivity contribution in [1.29, 1.82) is 0 Å². The minimum atomic E-state index is -0.465. The van der Waals surface area contributed by atoms with Gasteiger partial charge in [-0.2, -0.15) is 10.2 Å². The van der Waals surface area contributed by atoms with Gasteiger partial charge < -0.3 is 5.73 Å². The number of nitrogens with two attached hydrogens (primary N) is 1. The third-order valence-electron chi connectivity index (χ3n) is 2.95. The molecule has 8 heteroatoms. The van der Waals surface area contributed by atoms with Crippen LogP contribution in [0.25, 0.3) is 0 Å². The predicted molar refractivity (Wildman–Crippen MR) is 94.2 cm³/mol. The molecule has 0 bridgehead atoms. The Hall–Kier alpha value is -3.55. The molecule has 0 fully saturated rings. The van der Waals surface area contributed by atoms with Crippen LogP contribution >= 0.6 is 0 Å². The van der Waals surface area contributed by atoms with Gasteiger partial charge >= 0.3 is 0 Å². The van der Waals surface area contributed by atoms with E-state index in [9.17, 15) is 10.1 Å². The van der Waals surface area contributed by atoms with Gasteiger partial charge in [-0.15, -0.1) is 5.10 Å². The smallest absolute Gasteiger partial charge is 0.269 e. The fourth-order valence-corrected chi connectivity index (χ4v) is 1.69. The lowest BCUT2D eigenvalue weighted by atomic mass is 10.2. The van der Waals surface area contributed by atoms with Crippen LogP contribution in [0.2, 0.25) is 0 Å². The molecule has 0 aliphatic rings. The van der Waals surface area contributed by atoms with Crippen LogP contribution in [0, 0.1) is 17.0 Å². The van der Waals surface area contributed by atoms with Crippen LogP contribution in [0.1, 0.15) is 16.7 Å². The van der Waals surface area contributed by atoms with E-state index in [1.165, 1.54) is 23.9 Å². The van der Waals surface area contributed by atoms with Crippen LogP contribution in [-0.2, 0) is 0 Å². The number of rotatable bonds is 5. The highest BCUT2D eigenvalue weighted by Crippen LogP contribution is 2.10. The first-order valence-corrected chi connectivity index (χ1v) is 7.01. The van der Waals surface area contributed by atoms with E-state index >= 15 is 0 Å². The number of hydrogen-bond donors (Lipinski definition) is 2. The van der Waals surface area contributed by atoms with Crippen molar-refractivity contribution in [1.82, 2.24) is 5.43 Å². The van der Waals surface area contributed by atoms with Crippen LogP contribution in [0.5, 0.6) is 0 Å². The zero-order valence-electron chi connectivity index (χ0n) is 13.0. The number of nitrogens with zero attached hydrogens (tertiary/aromatic N) is 4. The second kappa shape index (κ2) is 8.18.